The average molecular weight is 261 g/mol. The monoisotopic (exact) mass is 261 g/mol. The van der Waals surface area contributed by atoms with Crippen LogP contribution in [0.1, 0.15) is 34.6 Å². The fraction of sp³-hybridized carbons (Fsp3) is 0.833. The first-order valence-electron chi connectivity index (χ1n) is 5.74. The summed E-state index contributed by atoms with van der Waals surface area (Å²) in [5.41, 5.74) is -1.70. The zero-order valence-electron chi connectivity index (χ0n) is 11.9. The van der Waals surface area contributed by atoms with E-state index >= 15 is 0 Å². The molecule has 18 heavy (non-hydrogen) atoms. The zero-order valence-corrected chi connectivity index (χ0v) is 11.9. The topological polar surface area (TPSA) is 84.9 Å². The minimum absolute atomic E-state index is 0.0863. The van der Waals surface area contributed by atoms with E-state index in [2.05, 4.69) is 10.1 Å². The average Bonchev–Trinajstić information content (AvgIpc) is 2.21. The van der Waals surface area contributed by atoms with Crippen molar-refractivity contribution in [1.29, 1.82) is 0 Å². The van der Waals surface area contributed by atoms with E-state index in [4.69, 9.17) is 4.74 Å². The largest absolute Gasteiger partial charge is 0.469 e. The number of esters is 1. The highest BCUT2D eigenvalue weighted by atomic mass is 16.6. The highest BCUT2D eigenvalue weighted by Crippen LogP contribution is 2.22. The maximum absolute atomic E-state index is 11.4. The molecule has 0 aromatic carbocycles. The van der Waals surface area contributed by atoms with Gasteiger partial charge in [-0.2, -0.15) is 0 Å². The number of rotatable bonds is 4. The van der Waals surface area contributed by atoms with E-state index < -0.39 is 29.2 Å². The summed E-state index contributed by atoms with van der Waals surface area (Å²) in [5, 5.41) is 12.3. The third-order valence-electron chi connectivity index (χ3n) is 2.38. The van der Waals surface area contributed by atoms with Gasteiger partial charge in [0.2, 0.25) is 0 Å². The Morgan fingerprint density at radius 2 is 1.72 bits per heavy atom. The van der Waals surface area contributed by atoms with Crippen molar-refractivity contribution in [3.05, 3.63) is 0 Å². The Hall–Kier alpha value is -1.30. The molecule has 0 saturated carbocycles. The number of aliphatic hydroxyl groups is 1. The van der Waals surface area contributed by atoms with Crippen LogP contribution in [0.4, 0.5) is 4.79 Å². The first kappa shape index (κ1) is 16.7. The van der Waals surface area contributed by atoms with Crippen LogP contribution in [-0.4, -0.2) is 42.5 Å². The molecule has 0 bridgehead atoms. The second kappa shape index (κ2) is 6.04. The van der Waals surface area contributed by atoms with Crippen LogP contribution >= 0.6 is 0 Å². The molecule has 0 radical (unpaired) electrons. The van der Waals surface area contributed by atoms with E-state index in [0.29, 0.717) is 0 Å². The molecule has 0 aliphatic carbocycles. The van der Waals surface area contributed by atoms with Crippen molar-refractivity contribution >= 4 is 12.1 Å². The quantitative estimate of drug-likeness (QED) is 0.739. The van der Waals surface area contributed by atoms with Crippen molar-refractivity contribution in [2.75, 3.05) is 13.7 Å². The predicted octanol–water partition coefficient (Wildman–Crippen LogP) is 1.07. The lowest BCUT2D eigenvalue weighted by Crippen LogP contribution is -2.46. The van der Waals surface area contributed by atoms with Gasteiger partial charge in [0.25, 0.3) is 0 Å². The van der Waals surface area contributed by atoms with Gasteiger partial charge in [-0.25, -0.2) is 4.79 Å². The number of carbonyl (C=O) groups excluding carboxylic acids is 2. The van der Waals surface area contributed by atoms with Gasteiger partial charge in [-0.3, -0.25) is 4.79 Å². The number of hydrogen-bond acceptors (Lipinski definition) is 5. The summed E-state index contributed by atoms with van der Waals surface area (Å²) >= 11 is 0. The summed E-state index contributed by atoms with van der Waals surface area (Å²) in [6, 6.07) is 0. The summed E-state index contributed by atoms with van der Waals surface area (Å²) in [4.78, 5) is 22.8. The third kappa shape index (κ3) is 5.35. The van der Waals surface area contributed by atoms with Crippen LogP contribution in [0.2, 0.25) is 0 Å². The molecule has 1 atom stereocenters. The maximum Gasteiger partial charge on any atom is 0.407 e. The standard InChI is InChI=1S/C12H23NO5/c1-11(2,3)18-10(16)13-7-8(14)12(4,5)9(15)17-6/h8,14H,7H2,1-6H3,(H,13,16)/t8-/m1/s1. The molecule has 6 heteroatoms. The molecule has 0 rings (SSSR count). The molecular weight excluding hydrogens is 238 g/mol. The number of alkyl carbamates (subject to hydrolysis) is 1. The van der Waals surface area contributed by atoms with E-state index in [-0.39, 0.29) is 6.54 Å². The van der Waals surface area contributed by atoms with Gasteiger partial charge in [0, 0.05) is 6.54 Å². The molecule has 0 spiro atoms. The molecule has 0 fully saturated rings. The molecule has 0 aromatic rings. The molecule has 0 aliphatic rings. The zero-order chi connectivity index (χ0) is 14.6. The Kier molecular flexibility index (Phi) is 5.60. The first-order chi connectivity index (χ1) is 8.00. The number of hydrogen-bond donors (Lipinski definition) is 2. The van der Waals surface area contributed by atoms with Gasteiger partial charge in [0.15, 0.2) is 0 Å². The van der Waals surface area contributed by atoms with Gasteiger partial charge >= 0.3 is 12.1 Å². The summed E-state index contributed by atoms with van der Waals surface area (Å²) in [5.74, 6) is -0.541. The van der Waals surface area contributed by atoms with Crippen molar-refractivity contribution in [3.8, 4) is 0 Å². The van der Waals surface area contributed by atoms with Crippen LogP contribution in [0.25, 0.3) is 0 Å². The van der Waals surface area contributed by atoms with Crippen LogP contribution < -0.4 is 5.32 Å². The predicted molar refractivity (Wildman–Crippen MR) is 66.0 cm³/mol. The van der Waals surface area contributed by atoms with Gasteiger partial charge in [-0.15, -0.1) is 0 Å². The molecule has 0 saturated heterocycles. The van der Waals surface area contributed by atoms with E-state index in [1.165, 1.54) is 7.11 Å². The fourth-order valence-corrected chi connectivity index (χ4v) is 1.15. The van der Waals surface area contributed by atoms with E-state index in [1.807, 2.05) is 0 Å². The van der Waals surface area contributed by atoms with Crippen molar-refractivity contribution in [3.63, 3.8) is 0 Å². The lowest BCUT2D eigenvalue weighted by Gasteiger charge is -2.28. The number of aliphatic hydroxyl groups excluding tert-OH is 1. The molecule has 0 unspecified atom stereocenters. The molecular formula is C12H23NO5. The third-order valence-corrected chi connectivity index (χ3v) is 2.38. The number of nitrogens with one attached hydrogen (secondary N) is 1. The minimum atomic E-state index is -1.09. The summed E-state index contributed by atoms with van der Waals surface area (Å²) in [6.45, 7) is 8.21. The number of ether oxygens (including phenoxy) is 2. The molecule has 0 heterocycles. The number of carbonyl (C=O) groups is 2. The van der Waals surface area contributed by atoms with Crippen molar-refractivity contribution in [2.24, 2.45) is 5.41 Å². The summed E-state index contributed by atoms with van der Waals surface area (Å²) in [6.07, 6.45) is -1.69. The number of amides is 1. The van der Waals surface area contributed by atoms with Crippen LogP contribution in [0, 0.1) is 5.41 Å². The van der Waals surface area contributed by atoms with Crippen LogP contribution in [0.15, 0.2) is 0 Å². The Bertz CT molecular complexity index is 306. The molecule has 6 nitrogen and oxygen atoms in total. The molecule has 106 valence electrons. The summed E-state index contributed by atoms with van der Waals surface area (Å²) in [7, 11) is 1.25. The van der Waals surface area contributed by atoms with Crippen molar-refractivity contribution in [1.82, 2.24) is 5.32 Å². The van der Waals surface area contributed by atoms with Crippen molar-refractivity contribution in [2.45, 2.75) is 46.3 Å². The van der Waals surface area contributed by atoms with Gasteiger partial charge in [-0.1, -0.05) is 0 Å². The molecule has 1 amide bonds. The highest BCUT2D eigenvalue weighted by Gasteiger charge is 2.37. The van der Waals surface area contributed by atoms with Crippen molar-refractivity contribution < 1.29 is 24.2 Å². The second-order valence-electron chi connectivity index (χ2n) is 5.61. The van der Waals surface area contributed by atoms with E-state index in [9.17, 15) is 14.7 Å². The Morgan fingerprint density at radius 3 is 2.11 bits per heavy atom. The lowest BCUT2D eigenvalue weighted by molar-refractivity contribution is -0.157. The van der Waals surface area contributed by atoms with Gasteiger partial charge in [-0.05, 0) is 34.6 Å². The minimum Gasteiger partial charge on any atom is -0.469 e. The number of methoxy groups -OCH3 is 1. The lowest BCUT2D eigenvalue weighted by atomic mass is 9.86. The van der Waals surface area contributed by atoms with E-state index in [1.54, 1.807) is 34.6 Å². The molecule has 2 N–H and O–H groups in total. The van der Waals surface area contributed by atoms with Crippen LogP contribution in [-0.2, 0) is 14.3 Å². The summed E-state index contributed by atoms with van der Waals surface area (Å²) < 4.78 is 9.59. The smallest absolute Gasteiger partial charge is 0.407 e. The van der Waals surface area contributed by atoms with Gasteiger partial charge in [0.05, 0.1) is 18.6 Å². The normalized spacial score (nSPS) is 13.7. The Balaban J connectivity index is 4.30. The molecule has 0 aromatic heterocycles. The van der Waals surface area contributed by atoms with Gasteiger partial charge < -0.3 is 19.9 Å². The van der Waals surface area contributed by atoms with Crippen LogP contribution in [0.3, 0.4) is 0 Å². The second-order valence-corrected chi connectivity index (χ2v) is 5.61. The fourth-order valence-electron chi connectivity index (χ4n) is 1.15. The van der Waals surface area contributed by atoms with Gasteiger partial charge in [0.1, 0.15) is 5.60 Å². The SMILES string of the molecule is COC(=O)C(C)(C)[C@H](O)CNC(=O)OC(C)(C)C. The van der Waals surface area contributed by atoms with E-state index in [0.717, 1.165) is 0 Å². The molecule has 0 aliphatic heterocycles. The first-order valence-corrected chi connectivity index (χ1v) is 5.74. The Morgan fingerprint density at radius 1 is 1.22 bits per heavy atom. The maximum atomic E-state index is 11.4. The Labute approximate surface area is 108 Å². The van der Waals surface area contributed by atoms with Crippen LogP contribution in [0.5, 0.6) is 0 Å². The highest BCUT2D eigenvalue weighted by molar-refractivity contribution is 5.76.